The number of carbonyl (C=O) groups excluding carboxylic acids is 1. The van der Waals surface area contributed by atoms with E-state index >= 15 is 0 Å². The van der Waals surface area contributed by atoms with Gasteiger partial charge in [0.2, 0.25) is 0 Å². The van der Waals surface area contributed by atoms with Crippen molar-refractivity contribution in [3.05, 3.63) is 24.3 Å². The van der Waals surface area contributed by atoms with Crippen molar-refractivity contribution in [1.82, 2.24) is 4.90 Å². The second kappa shape index (κ2) is 4.44. The summed E-state index contributed by atoms with van der Waals surface area (Å²) in [7, 11) is 1.62. The molecule has 2 fully saturated rings. The second-order valence-electron chi connectivity index (χ2n) is 4.14. The van der Waals surface area contributed by atoms with Crippen LogP contribution in [0, 0.1) is 0 Å². The molecule has 0 aromatic heterocycles. The summed E-state index contributed by atoms with van der Waals surface area (Å²) >= 11 is 7.13. The Kier molecular flexibility index (Phi) is 2.91. The molecule has 2 aliphatic rings. The molecule has 2 aliphatic heterocycles. The number of carbonyl (C=O) groups is 1. The van der Waals surface area contributed by atoms with E-state index in [0.29, 0.717) is 5.11 Å². The molecule has 2 saturated heterocycles. The summed E-state index contributed by atoms with van der Waals surface area (Å²) in [6.45, 7) is 0. The van der Waals surface area contributed by atoms with E-state index in [4.69, 9.17) is 17.0 Å². The van der Waals surface area contributed by atoms with Crippen LogP contribution in [-0.2, 0) is 4.79 Å². The number of fused-ring (bicyclic) bond motifs is 1. The van der Waals surface area contributed by atoms with E-state index in [0.717, 1.165) is 23.1 Å². The quantitative estimate of drug-likeness (QED) is 0.770. The van der Waals surface area contributed by atoms with Crippen molar-refractivity contribution >= 4 is 40.7 Å². The Morgan fingerprint density at radius 1 is 1.39 bits per heavy atom. The lowest BCUT2D eigenvalue weighted by atomic mass is 10.2. The Hall–Kier alpha value is -1.27. The first-order valence-corrected chi connectivity index (χ1v) is 7.15. The van der Waals surface area contributed by atoms with Crippen LogP contribution in [0.3, 0.4) is 0 Å². The van der Waals surface area contributed by atoms with Crippen molar-refractivity contribution in [2.45, 2.75) is 6.04 Å². The van der Waals surface area contributed by atoms with Crippen LogP contribution in [0.1, 0.15) is 0 Å². The first-order chi connectivity index (χ1) is 8.72. The highest BCUT2D eigenvalue weighted by Gasteiger charge is 2.45. The maximum Gasteiger partial charge on any atom is 0.256 e. The summed E-state index contributed by atoms with van der Waals surface area (Å²) < 4.78 is 5.11. The summed E-state index contributed by atoms with van der Waals surface area (Å²) in [5.41, 5.74) is 0.810. The highest BCUT2D eigenvalue weighted by atomic mass is 32.2. The molecule has 0 bridgehead atoms. The molecule has 1 atom stereocenters. The largest absolute Gasteiger partial charge is 0.497 e. The van der Waals surface area contributed by atoms with Crippen LogP contribution >= 0.6 is 24.0 Å². The van der Waals surface area contributed by atoms with E-state index in [9.17, 15) is 4.79 Å². The zero-order valence-corrected chi connectivity index (χ0v) is 11.5. The molecule has 0 radical (unpaired) electrons. The number of nitrogens with zero attached hydrogens (tertiary/aromatic N) is 2. The molecule has 1 amide bonds. The summed E-state index contributed by atoms with van der Waals surface area (Å²) in [6, 6.07) is 7.31. The number of hydrogen-bond acceptors (Lipinski definition) is 4. The van der Waals surface area contributed by atoms with E-state index in [2.05, 4.69) is 0 Å². The molecule has 18 heavy (non-hydrogen) atoms. The molecule has 0 spiro atoms. The predicted octanol–water partition coefficient (Wildman–Crippen LogP) is 1.70. The summed E-state index contributed by atoms with van der Waals surface area (Å²) in [4.78, 5) is 15.9. The average molecular weight is 280 g/mol. The van der Waals surface area contributed by atoms with Crippen molar-refractivity contribution in [3.63, 3.8) is 0 Å². The van der Waals surface area contributed by atoms with E-state index in [1.54, 1.807) is 23.8 Å². The number of amides is 1. The maximum absolute atomic E-state index is 12.3. The number of anilines is 1. The molecular weight excluding hydrogens is 268 g/mol. The lowest BCUT2D eigenvalue weighted by molar-refractivity contribution is -0.118. The Bertz CT molecular complexity index is 481. The molecule has 0 saturated carbocycles. The van der Waals surface area contributed by atoms with Crippen molar-refractivity contribution in [2.75, 3.05) is 23.6 Å². The summed E-state index contributed by atoms with van der Waals surface area (Å²) in [6.07, 6.45) is 0. The van der Waals surface area contributed by atoms with E-state index in [-0.39, 0.29) is 11.9 Å². The molecule has 6 heteroatoms. The van der Waals surface area contributed by atoms with Crippen LogP contribution in [0.4, 0.5) is 5.69 Å². The number of methoxy groups -OCH3 is 1. The monoisotopic (exact) mass is 280 g/mol. The van der Waals surface area contributed by atoms with Gasteiger partial charge < -0.3 is 9.64 Å². The van der Waals surface area contributed by atoms with Gasteiger partial charge in [-0.25, -0.2) is 0 Å². The lowest BCUT2D eigenvalue weighted by Gasteiger charge is -2.18. The minimum atomic E-state index is -0.0791. The van der Waals surface area contributed by atoms with Gasteiger partial charge in [-0.15, -0.1) is 11.8 Å². The van der Waals surface area contributed by atoms with Gasteiger partial charge in [0, 0.05) is 5.75 Å². The molecule has 94 valence electrons. The normalized spacial score (nSPS) is 22.6. The standard InChI is InChI=1S/C12H12N2O2S2/c1-16-9-4-2-8(3-5-9)14-11(15)10-6-18-7-13(10)12(14)17/h2-5,10H,6-7H2,1H3/t10-/m0/s1. The molecule has 1 aromatic carbocycles. The van der Waals surface area contributed by atoms with Gasteiger partial charge >= 0.3 is 0 Å². The van der Waals surface area contributed by atoms with Gasteiger partial charge in [-0.2, -0.15) is 0 Å². The third-order valence-corrected chi connectivity index (χ3v) is 4.58. The predicted molar refractivity (Wildman–Crippen MR) is 76.0 cm³/mol. The molecule has 2 heterocycles. The molecule has 0 aliphatic carbocycles. The summed E-state index contributed by atoms with van der Waals surface area (Å²) in [5, 5.41) is 0.611. The van der Waals surface area contributed by atoms with Crippen LogP contribution < -0.4 is 9.64 Å². The fourth-order valence-corrected chi connectivity index (χ4v) is 3.80. The Labute approximate surface area is 115 Å². The van der Waals surface area contributed by atoms with Crippen LogP contribution in [0.5, 0.6) is 5.75 Å². The fourth-order valence-electron chi connectivity index (χ4n) is 2.18. The first-order valence-electron chi connectivity index (χ1n) is 5.59. The van der Waals surface area contributed by atoms with Gasteiger partial charge in [-0.3, -0.25) is 9.69 Å². The Morgan fingerprint density at radius 2 is 2.11 bits per heavy atom. The minimum absolute atomic E-state index is 0.0789. The maximum atomic E-state index is 12.3. The zero-order valence-electron chi connectivity index (χ0n) is 9.83. The van der Waals surface area contributed by atoms with Gasteiger partial charge in [0.25, 0.3) is 5.91 Å². The van der Waals surface area contributed by atoms with Gasteiger partial charge in [0.05, 0.1) is 18.7 Å². The SMILES string of the molecule is COc1ccc(N2C(=O)[C@@H]3CSCN3C2=S)cc1. The highest BCUT2D eigenvalue weighted by molar-refractivity contribution is 7.99. The van der Waals surface area contributed by atoms with Crippen molar-refractivity contribution in [3.8, 4) is 5.75 Å². The Balaban J connectivity index is 1.92. The third kappa shape index (κ3) is 1.67. The third-order valence-electron chi connectivity index (χ3n) is 3.16. The smallest absolute Gasteiger partial charge is 0.256 e. The van der Waals surface area contributed by atoms with Crippen molar-refractivity contribution < 1.29 is 9.53 Å². The molecule has 4 nitrogen and oxygen atoms in total. The minimum Gasteiger partial charge on any atom is -0.497 e. The number of ether oxygens (including phenoxy) is 1. The zero-order chi connectivity index (χ0) is 12.7. The van der Waals surface area contributed by atoms with Crippen LogP contribution in [-0.4, -0.2) is 40.7 Å². The van der Waals surface area contributed by atoms with Crippen LogP contribution in [0.15, 0.2) is 24.3 Å². The number of rotatable bonds is 2. The van der Waals surface area contributed by atoms with Crippen molar-refractivity contribution in [1.29, 1.82) is 0 Å². The van der Waals surface area contributed by atoms with Crippen LogP contribution in [0.2, 0.25) is 0 Å². The topological polar surface area (TPSA) is 32.8 Å². The molecule has 0 unspecified atom stereocenters. The van der Waals surface area contributed by atoms with Gasteiger partial charge in [0.1, 0.15) is 11.8 Å². The fraction of sp³-hybridized carbons (Fsp3) is 0.333. The molecule has 1 aromatic rings. The van der Waals surface area contributed by atoms with E-state index < -0.39 is 0 Å². The molecule has 0 N–H and O–H groups in total. The number of hydrogen-bond donors (Lipinski definition) is 0. The lowest BCUT2D eigenvalue weighted by Crippen LogP contribution is -2.32. The van der Waals surface area contributed by atoms with E-state index in [1.807, 2.05) is 29.2 Å². The van der Waals surface area contributed by atoms with E-state index in [1.165, 1.54) is 0 Å². The van der Waals surface area contributed by atoms with Gasteiger partial charge in [-0.05, 0) is 36.5 Å². The second-order valence-corrected chi connectivity index (χ2v) is 5.50. The highest BCUT2D eigenvalue weighted by Crippen LogP contribution is 2.33. The Morgan fingerprint density at radius 3 is 2.72 bits per heavy atom. The van der Waals surface area contributed by atoms with Gasteiger partial charge in [0.15, 0.2) is 5.11 Å². The first kappa shape index (κ1) is 11.8. The average Bonchev–Trinajstić information content (AvgIpc) is 2.95. The summed E-state index contributed by atoms with van der Waals surface area (Å²) in [5.74, 6) is 2.48. The molecular formula is C12H12N2O2S2. The van der Waals surface area contributed by atoms with Crippen LogP contribution in [0.25, 0.3) is 0 Å². The van der Waals surface area contributed by atoms with Gasteiger partial charge in [-0.1, -0.05) is 0 Å². The number of thioether (sulfide) groups is 1. The number of thiocarbonyl (C=S) groups is 1. The van der Waals surface area contributed by atoms with Crippen molar-refractivity contribution in [2.24, 2.45) is 0 Å². The molecule has 3 rings (SSSR count). The number of benzene rings is 1.